The molecule has 0 unspecified atom stereocenters. The molecule has 0 saturated heterocycles. The Morgan fingerprint density at radius 3 is 2.44 bits per heavy atom. The van der Waals surface area contributed by atoms with Gasteiger partial charge in [-0.05, 0) is 23.8 Å². The van der Waals surface area contributed by atoms with Crippen LogP contribution >= 0.6 is 0 Å². The molecule has 1 aromatic heterocycles. The molecule has 0 aliphatic rings. The van der Waals surface area contributed by atoms with Crippen molar-refractivity contribution in [2.75, 3.05) is 5.32 Å². The molecule has 0 aliphatic carbocycles. The number of anilines is 1. The molecule has 18 heavy (non-hydrogen) atoms. The lowest BCUT2D eigenvalue weighted by Crippen LogP contribution is -1.89. The molecule has 1 aromatic carbocycles. The van der Waals surface area contributed by atoms with Gasteiger partial charge in [0.1, 0.15) is 17.7 Å². The molecule has 5 heteroatoms. The molecule has 2 rings (SSSR count). The molecule has 2 N–H and O–H groups in total. The second kappa shape index (κ2) is 5.33. The van der Waals surface area contributed by atoms with Gasteiger partial charge in [-0.2, -0.15) is 15.6 Å². The van der Waals surface area contributed by atoms with Gasteiger partial charge in [-0.25, -0.2) is 0 Å². The maximum absolute atomic E-state index is 8.58. The van der Waals surface area contributed by atoms with Crippen LogP contribution in [-0.2, 0) is 0 Å². The molecular weight excluding hydrogens is 226 g/mol. The first-order valence-electron chi connectivity index (χ1n) is 5.20. The molecule has 2 aromatic rings. The minimum Gasteiger partial charge on any atom is -0.360 e. The first-order valence-corrected chi connectivity index (χ1v) is 5.20. The second-order valence-corrected chi connectivity index (χ2v) is 3.47. The Balaban J connectivity index is 2.12. The fourth-order valence-electron chi connectivity index (χ4n) is 1.41. The van der Waals surface area contributed by atoms with Gasteiger partial charge >= 0.3 is 0 Å². The largest absolute Gasteiger partial charge is 0.360 e. The van der Waals surface area contributed by atoms with E-state index in [2.05, 4.69) is 15.5 Å². The smallest absolute Gasteiger partial charge is 0.145 e. The Kier molecular flexibility index (Phi) is 3.39. The number of hydrogen-bond acceptors (Lipinski definition) is 4. The van der Waals surface area contributed by atoms with Crippen LogP contribution in [-0.4, -0.2) is 10.2 Å². The third-order valence-electron chi connectivity index (χ3n) is 2.32. The number of nitriles is 2. The highest BCUT2D eigenvalue weighted by atomic mass is 15.1. The topological polar surface area (TPSA) is 88.3 Å². The summed E-state index contributed by atoms with van der Waals surface area (Å²) in [6, 6.07) is 13.0. The number of allylic oxidation sites excluding steroid dienone is 1. The van der Waals surface area contributed by atoms with Crippen LogP contribution in [0, 0.1) is 22.7 Å². The summed E-state index contributed by atoms with van der Waals surface area (Å²) < 4.78 is 0. The summed E-state index contributed by atoms with van der Waals surface area (Å²) in [5.74, 6) is 0. The van der Waals surface area contributed by atoms with Crippen molar-refractivity contribution in [2.24, 2.45) is 0 Å². The molecule has 86 valence electrons. The van der Waals surface area contributed by atoms with E-state index in [1.807, 2.05) is 30.3 Å². The summed E-state index contributed by atoms with van der Waals surface area (Å²) >= 11 is 0. The Labute approximate surface area is 104 Å². The molecule has 0 atom stereocenters. The van der Waals surface area contributed by atoms with E-state index in [0.29, 0.717) is 0 Å². The van der Waals surface area contributed by atoms with Crippen molar-refractivity contribution in [1.29, 1.82) is 10.5 Å². The Bertz CT molecular complexity index is 608. The van der Waals surface area contributed by atoms with Crippen LogP contribution < -0.4 is 5.32 Å². The Hall–Kier alpha value is -3.05. The van der Waals surface area contributed by atoms with E-state index in [1.54, 1.807) is 18.3 Å². The standard InChI is InChI=1S/C13H9N5/c14-7-10(8-15)9-16-12-3-1-11(2-4-12)13-5-6-17-18-13/h1-6,9,16H,(H,17,18). The second-order valence-electron chi connectivity index (χ2n) is 3.47. The van der Waals surface area contributed by atoms with Gasteiger partial charge in [0.2, 0.25) is 0 Å². The van der Waals surface area contributed by atoms with Gasteiger partial charge in [-0.15, -0.1) is 0 Å². The van der Waals surface area contributed by atoms with E-state index in [0.717, 1.165) is 16.9 Å². The zero-order valence-electron chi connectivity index (χ0n) is 9.38. The minimum absolute atomic E-state index is 0.0349. The van der Waals surface area contributed by atoms with Crippen molar-refractivity contribution >= 4 is 5.69 Å². The number of hydrogen-bond donors (Lipinski definition) is 2. The number of rotatable bonds is 3. The predicted octanol–water partition coefficient (Wildman–Crippen LogP) is 2.42. The van der Waals surface area contributed by atoms with E-state index < -0.39 is 0 Å². The maximum Gasteiger partial charge on any atom is 0.145 e. The summed E-state index contributed by atoms with van der Waals surface area (Å²) in [4.78, 5) is 0. The highest BCUT2D eigenvalue weighted by Gasteiger charge is 1.98. The van der Waals surface area contributed by atoms with Crippen LogP contribution in [0.25, 0.3) is 11.3 Å². The highest BCUT2D eigenvalue weighted by Crippen LogP contribution is 2.18. The summed E-state index contributed by atoms with van der Waals surface area (Å²) in [5, 5.41) is 26.8. The molecule has 0 bridgehead atoms. The van der Waals surface area contributed by atoms with Gasteiger partial charge in [-0.3, -0.25) is 5.10 Å². The van der Waals surface area contributed by atoms with Crippen LogP contribution in [0.15, 0.2) is 48.3 Å². The molecule has 0 spiro atoms. The summed E-state index contributed by atoms with van der Waals surface area (Å²) in [6.45, 7) is 0. The Morgan fingerprint density at radius 1 is 1.17 bits per heavy atom. The summed E-state index contributed by atoms with van der Waals surface area (Å²) in [6.07, 6.45) is 3.07. The van der Waals surface area contributed by atoms with E-state index in [4.69, 9.17) is 10.5 Å². The normalized spacial score (nSPS) is 9.00. The van der Waals surface area contributed by atoms with Gasteiger partial charge in [0.15, 0.2) is 0 Å². The van der Waals surface area contributed by atoms with Gasteiger partial charge < -0.3 is 5.32 Å². The van der Waals surface area contributed by atoms with E-state index in [9.17, 15) is 0 Å². The minimum atomic E-state index is 0.0349. The van der Waals surface area contributed by atoms with Gasteiger partial charge in [-0.1, -0.05) is 12.1 Å². The zero-order chi connectivity index (χ0) is 12.8. The molecular formula is C13H9N5. The fourth-order valence-corrected chi connectivity index (χ4v) is 1.41. The fraction of sp³-hybridized carbons (Fsp3) is 0. The van der Waals surface area contributed by atoms with E-state index in [-0.39, 0.29) is 5.57 Å². The monoisotopic (exact) mass is 235 g/mol. The lowest BCUT2D eigenvalue weighted by molar-refractivity contribution is 1.10. The molecule has 1 heterocycles. The quantitative estimate of drug-likeness (QED) is 0.799. The van der Waals surface area contributed by atoms with Crippen LogP contribution in [0.5, 0.6) is 0 Å². The van der Waals surface area contributed by atoms with Crippen molar-refractivity contribution in [2.45, 2.75) is 0 Å². The van der Waals surface area contributed by atoms with Crippen LogP contribution in [0.1, 0.15) is 0 Å². The summed E-state index contributed by atoms with van der Waals surface area (Å²) in [7, 11) is 0. The number of nitrogens with one attached hydrogen (secondary N) is 2. The number of H-pyrrole nitrogens is 1. The predicted molar refractivity (Wildman–Crippen MR) is 67.0 cm³/mol. The maximum atomic E-state index is 8.58. The average Bonchev–Trinajstić information content (AvgIpc) is 2.94. The number of nitrogens with zero attached hydrogens (tertiary/aromatic N) is 3. The molecule has 0 saturated carbocycles. The number of aromatic nitrogens is 2. The third kappa shape index (κ3) is 2.55. The van der Waals surface area contributed by atoms with Crippen LogP contribution in [0.3, 0.4) is 0 Å². The first-order chi connectivity index (χ1) is 8.83. The molecule has 0 radical (unpaired) electrons. The van der Waals surface area contributed by atoms with Crippen LogP contribution in [0.2, 0.25) is 0 Å². The van der Waals surface area contributed by atoms with Crippen molar-refractivity contribution < 1.29 is 0 Å². The van der Waals surface area contributed by atoms with Gasteiger partial charge in [0.25, 0.3) is 0 Å². The van der Waals surface area contributed by atoms with Crippen molar-refractivity contribution in [3.05, 3.63) is 48.3 Å². The Morgan fingerprint density at radius 2 is 1.89 bits per heavy atom. The van der Waals surface area contributed by atoms with Crippen LogP contribution in [0.4, 0.5) is 5.69 Å². The van der Waals surface area contributed by atoms with E-state index >= 15 is 0 Å². The third-order valence-corrected chi connectivity index (χ3v) is 2.32. The van der Waals surface area contributed by atoms with Gasteiger partial charge in [0.05, 0.1) is 5.69 Å². The number of aromatic amines is 1. The van der Waals surface area contributed by atoms with Crippen molar-refractivity contribution in [3.63, 3.8) is 0 Å². The lowest BCUT2D eigenvalue weighted by Gasteiger charge is -2.02. The first kappa shape index (κ1) is 11.4. The summed E-state index contributed by atoms with van der Waals surface area (Å²) in [5.41, 5.74) is 2.79. The number of benzene rings is 1. The zero-order valence-corrected chi connectivity index (χ0v) is 9.38. The molecule has 5 nitrogen and oxygen atoms in total. The SMILES string of the molecule is N#CC(C#N)=CNc1ccc(-c2ccn[nH]2)cc1. The van der Waals surface area contributed by atoms with Crippen molar-refractivity contribution in [1.82, 2.24) is 10.2 Å². The molecule has 0 amide bonds. The lowest BCUT2D eigenvalue weighted by atomic mass is 10.1. The highest BCUT2D eigenvalue weighted by molar-refractivity contribution is 5.62. The van der Waals surface area contributed by atoms with Gasteiger partial charge in [0, 0.05) is 18.1 Å². The molecule has 0 fully saturated rings. The van der Waals surface area contributed by atoms with Crippen molar-refractivity contribution in [3.8, 4) is 23.4 Å². The average molecular weight is 235 g/mol. The molecule has 0 aliphatic heterocycles. The van der Waals surface area contributed by atoms with E-state index in [1.165, 1.54) is 6.20 Å².